The lowest BCUT2D eigenvalue weighted by atomic mass is 9.76. The van der Waals surface area contributed by atoms with Crippen molar-refractivity contribution in [3.8, 4) is 6.07 Å². The summed E-state index contributed by atoms with van der Waals surface area (Å²) in [5.41, 5.74) is 6.19. The molecule has 0 radical (unpaired) electrons. The number of benzene rings is 1. The predicted molar refractivity (Wildman–Crippen MR) is 115 cm³/mol. The van der Waals surface area contributed by atoms with Crippen molar-refractivity contribution in [1.82, 2.24) is 14.7 Å². The van der Waals surface area contributed by atoms with Gasteiger partial charge in [0.1, 0.15) is 11.4 Å². The number of nitriles is 1. The Labute approximate surface area is 189 Å². The van der Waals surface area contributed by atoms with Gasteiger partial charge in [-0.15, -0.1) is 0 Å². The number of aromatic nitrogens is 2. The van der Waals surface area contributed by atoms with Crippen LogP contribution >= 0.6 is 0 Å². The average Bonchev–Trinajstić information content (AvgIpc) is 3.24. The zero-order chi connectivity index (χ0) is 23.5. The van der Waals surface area contributed by atoms with Crippen molar-refractivity contribution >= 4 is 23.5 Å². The lowest BCUT2D eigenvalue weighted by molar-refractivity contribution is -0.00876. The van der Waals surface area contributed by atoms with Crippen molar-refractivity contribution < 1.29 is 23.8 Å². The summed E-state index contributed by atoms with van der Waals surface area (Å²) in [6.45, 7) is 1.29. The quantitative estimate of drug-likeness (QED) is 0.627. The summed E-state index contributed by atoms with van der Waals surface area (Å²) < 4.78 is 20.2. The number of nitrogens with zero attached hydrogens (tertiary/aromatic N) is 4. The summed E-state index contributed by atoms with van der Waals surface area (Å²) in [5.74, 6) is -1.60. The highest BCUT2D eigenvalue weighted by Gasteiger charge is 2.46. The zero-order valence-electron chi connectivity index (χ0n) is 17.9. The Morgan fingerprint density at radius 2 is 1.94 bits per heavy atom. The Morgan fingerprint density at radius 1 is 1.24 bits per heavy atom. The van der Waals surface area contributed by atoms with E-state index < -0.39 is 35.8 Å². The van der Waals surface area contributed by atoms with Crippen LogP contribution in [0.1, 0.15) is 35.7 Å². The molecule has 10 nitrogen and oxygen atoms in total. The highest BCUT2D eigenvalue weighted by molar-refractivity contribution is 5.98. The largest absolute Gasteiger partial charge is 0.465 e. The van der Waals surface area contributed by atoms with E-state index in [1.165, 1.54) is 40.0 Å². The number of rotatable bonds is 5. The lowest BCUT2D eigenvalue weighted by Crippen LogP contribution is -2.55. The first-order valence-electron chi connectivity index (χ1n) is 10.8. The molecular weight excluding hydrogens is 431 g/mol. The van der Waals surface area contributed by atoms with E-state index in [4.69, 9.17) is 10.5 Å². The average molecular weight is 456 g/mol. The molecule has 0 bridgehead atoms. The number of primary amides is 1. The van der Waals surface area contributed by atoms with Crippen LogP contribution in [-0.2, 0) is 4.74 Å². The van der Waals surface area contributed by atoms with Gasteiger partial charge in [-0.25, -0.2) is 9.18 Å². The van der Waals surface area contributed by atoms with E-state index >= 15 is 0 Å². The van der Waals surface area contributed by atoms with Crippen LogP contribution in [0.5, 0.6) is 0 Å². The van der Waals surface area contributed by atoms with Gasteiger partial charge in [0, 0.05) is 31.6 Å². The Bertz CT molecular complexity index is 1060. The van der Waals surface area contributed by atoms with E-state index in [1.54, 1.807) is 0 Å². The van der Waals surface area contributed by atoms with Gasteiger partial charge in [0.2, 0.25) is 0 Å². The molecule has 2 aliphatic rings. The molecule has 33 heavy (non-hydrogen) atoms. The van der Waals surface area contributed by atoms with E-state index in [0.29, 0.717) is 38.2 Å². The number of nitrogens with one attached hydrogen (secondary N) is 1. The third-order valence-corrected chi connectivity index (χ3v) is 6.40. The van der Waals surface area contributed by atoms with Crippen LogP contribution in [0, 0.1) is 29.0 Å². The number of carbonyl (C=O) groups is 2. The van der Waals surface area contributed by atoms with Crippen LogP contribution in [0.3, 0.4) is 0 Å². The fourth-order valence-electron chi connectivity index (χ4n) is 4.81. The van der Waals surface area contributed by atoms with Gasteiger partial charge in [0.15, 0.2) is 5.82 Å². The normalized spacial score (nSPS) is 23.6. The van der Waals surface area contributed by atoms with E-state index in [9.17, 15) is 24.3 Å². The van der Waals surface area contributed by atoms with Crippen LogP contribution in [-0.4, -0.2) is 57.6 Å². The molecule has 1 unspecified atom stereocenters. The second-order valence-electron chi connectivity index (χ2n) is 8.29. The number of carbonyl (C=O) groups excluding carboxylic acids is 1. The van der Waals surface area contributed by atoms with Crippen LogP contribution < -0.4 is 11.1 Å². The molecule has 3 heterocycles. The maximum absolute atomic E-state index is 13.2. The third kappa shape index (κ3) is 4.61. The molecule has 1 aromatic heterocycles. The van der Waals surface area contributed by atoms with Crippen molar-refractivity contribution in [2.45, 2.75) is 31.3 Å². The molecule has 2 fully saturated rings. The van der Waals surface area contributed by atoms with E-state index in [-0.39, 0.29) is 23.8 Å². The first-order chi connectivity index (χ1) is 15.9. The fourth-order valence-corrected chi connectivity index (χ4v) is 4.81. The summed E-state index contributed by atoms with van der Waals surface area (Å²) in [6.07, 6.45) is 2.13. The van der Waals surface area contributed by atoms with Crippen LogP contribution in [0.4, 0.5) is 20.7 Å². The predicted octanol–water partition coefficient (Wildman–Crippen LogP) is 2.72. The molecule has 2 amide bonds. The standard InChI is InChI=1S/C22H25FN6O4/c23-14-1-3-15(4-2-14)26-21-17(20(25)30)12-29(27-21)18-5-8-28(22(31)32)19(16(18)11-24)13-6-9-33-10-7-13/h1-4,12-13,16,18-19H,5-10H2,(H2,25,30)(H,26,27)(H,31,32)/t16-,18+,19?/m0/s1. The monoisotopic (exact) mass is 456 g/mol. The van der Waals surface area contributed by atoms with Crippen LogP contribution in [0.15, 0.2) is 30.5 Å². The zero-order valence-corrected chi connectivity index (χ0v) is 17.9. The van der Waals surface area contributed by atoms with Gasteiger partial charge in [-0.05, 0) is 49.4 Å². The summed E-state index contributed by atoms with van der Waals surface area (Å²) in [7, 11) is 0. The maximum atomic E-state index is 13.2. The lowest BCUT2D eigenvalue weighted by Gasteiger charge is -2.45. The molecule has 2 aliphatic heterocycles. The Morgan fingerprint density at radius 3 is 2.55 bits per heavy atom. The van der Waals surface area contributed by atoms with Crippen LogP contribution in [0.25, 0.3) is 0 Å². The molecule has 4 N–H and O–H groups in total. The number of anilines is 2. The molecule has 0 aliphatic carbocycles. The minimum Gasteiger partial charge on any atom is -0.465 e. The second-order valence-corrected chi connectivity index (χ2v) is 8.29. The fraction of sp³-hybridized carbons (Fsp3) is 0.455. The van der Waals surface area contributed by atoms with Crippen molar-refractivity contribution in [2.75, 3.05) is 25.1 Å². The highest BCUT2D eigenvalue weighted by atomic mass is 19.1. The molecular formula is C22H25FN6O4. The van der Waals surface area contributed by atoms with Crippen molar-refractivity contribution in [3.63, 3.8) is 0 Å². The van der Waals surface area contributed by atoms with E-state index in [1.807, 2.05) is 0 Å². The van der Waals surface area contributed by atoms with Crippen molar-refractivity contribution in [3.05, 3.63) is 41.8 Å². The van der Waals surface area contributed by atoms with Gasteiger partial charge < -0.3 is 25.8 Å². The summed E-state index contributed by atoms with van der Waals surface area (Å²) in [5, 5.41) is 27.3. The SMILES string of the molecule is N#C[C@@H]1C(C2CCOCC2)N(C(=O)O)CC[C@H]1n1cc(C(N)=O)c(Nc2ccc(F)cc2)n1. The first kappa shape index (κ1) is 22.5. The highest BCUT2D eigenvalue weighted by Crippen LogP contribution is 2.39. The Balaban J connectivity index is 1.67. The number of nitrogens with two attached hydrogens (primary N) is 1. The number of hydrogen-bond donors (Lipinski definition) is 3. The number of amides is 2. The molecule has 0 saturated carbocycles. The van der Waals surface area contributed by atoms with Crippen molar-refractivity contribution in [2.24, 2.45) is 17.6 Å². The molecule has 0 spiro atoms. The van der Waals surface area contributed by atoms with E-state index in [2.05, 4.69) is 16.5 Å². The minimum absolute atomic E-state index is 0.00900. The number of likely N-dealkylation sites (tertiary alicyclic amines) is 1. The molecule has 2 aromatic rings. The van der Waals surface area contributed by atoms with Crippen molar-refractivity contribution in [1.29, 1.82) is 5.26 Å². The molecule has 174 valence electrons. The Hall–Kier alpha value is -3.65. The molecule has 2 saturated heterocycles. The number of ether oxygens (including phenoxy) is 1. The first-order valence-corrected chi connectivity index (χ1v) is 10.8. The minimum atomic E-state index is -1.05. The topological polar surface area (TPSA) is 146 Å². The van der Waals surface area contributed by atoms with E-state index in [0.717, 1.165) is 0 Å². The van der Waals surface area contributed by atoms with Gasteiger partial charge in [-0.2, -0.15) is 10.4 Å². The maximum Gasteiger partial charge on any atom is 0.407 e. The van der Waals surface area contributed by atoms with Gasteiger partial charge >= 0.3 is 6.09 Å². The number of carboxylic acid groups (broad SMARTS) is 1. The van der Waals surface area contributed by atoms with Gasteiger partial charge in [0.05, 0.1) is 24.1 Å². The second kappa shape index (κ2) is 9.46. The summed E-state index contributed by atoms with van der Waals surface area (Å²) in [6, 6.07) is 6.91. The third-order valence-electron chi connectivity index (χ3n) is 6.40. The molecule has 1 aromatic carbocycles. The molecule has 11 heteroatoms. The molecule has 3 atom stereocenters. The number of halogens is 1. The number of hydrogen-bond acceptors (Lipinski definition) is 6. The Kier molecular flexibility index (Phi) is 6.46. The number of piperidine rings is 1. The van der Waals surface area contributed by atoms with Gasteiger partial charge in [-0.3, -0.25) is 9.48 Å². The summed E-state index contributed by atoms with van der Waals surface area (Å²) in [4.78, 5) is 25.4. The molecule has 4 rings (SSSR count). The summed E-state index contributed by atoms with van der Waals surface area (Å²) >= 11 is 0. The van der Waals surface area contributed by atoms with Crippen LogP contribution in [0.2, 0.25) is 0 Å². The van der Waals surface area contributed by atoms with Gasteiger partial charge in [-0.1, -0.05) is 0 Å². The van der Waals surface area contributed by atoms with Gasteiger partial charge in [0.25, 0.3) is 5.91 Å². The smallest absolute Gasteiger partial charge is 0.407 e.